The Labute approximate surface area is 155 Å². The maximum Gasteiger partial charge on any atom is 0.261 e. The van der Waals surface area contributed by atoms with E-state index in [0.29, 0.717) is 25.3 Å². The molecule has 0 heterocycles. The van der Waals surface area contributed by atoms with Crippen molar-refractivity contribution >= 4 is 5.91 Å². The van der Waals surface area contributed by atoms with Gasteiger partial charge >= 0.3 is 0 Å². The van der Waals surface area contributed by atoms with Crippen molar-refractivity contribution in [1.29, 1.82) is 0 Å². The molecule has 0 aliphatic rings. The lowest BCUT2D eigenvalue weighted by Crippen LogP contribution is -2.39. The molecule has 2 rings (SSSR count). The summed E-state index contributed by atoms with van der Waals surface area (Å²) in [5, 5.41) is 2.86. The van der Waals surface area contributed by atoms with E-state index >= 15 is 0 Å². The molecule has 1 N–H and O–H groups in total. The lowest BCUT2D eigenvalue weighted by atomic mass is 10.2. The second-order valence-electron chi connectivity index (χ2n) is 5.83. The molecular formula is C21H27NO4. The Hall–Kier alpha value is -2.69. The molecule has 0 saturated carbocycles. The summed E-state index contributed by atoms with van der Waals surface area (Å²) >= 11 is 0. The minimum absolute atomic E-state index is 0.145. The van der Waals surface area contributed by atoms with E-state index in [-0.39, 0.29) is 5.91 Å². The van der Waals surface area contributed by atoms with Gasteiger partial charge in [0.2, 0.25) is 0 Å². The smallest absolute Gasteiger partial charge is 0.261 e. The first-order valence-corrected chi connectivity index (χ1v) is 8.96. The zero-order valence-electron chi connectivity index (χ0n) is 15.7. The second-order valence-corrected chi connectivity index (χ2v) is 5.83. The predicted octanol–water partition coefficient (Wildman–Crippen LogP) is 3.61. The van der Waals surface area contributed by atoms with Crippen LogP contribution >= 0.6 is 0 Å². The maximum atomic E-state index is 12.3. The van der Waals surface area contributed by atoms with Crippen molar-refractivity contribution in [2.75, 3.05) is 20.3 Å². The molecule has 0 bridgehead atoms. The van der Waals surface area contributed by atoms with E-state index in [9.17, 15) is 4.79 Å². The Morgan fingerprint density at radius 1 is 0.962 bits per heavy atom. The number of hydrogen-bond donors (Lipinski definition) is 1. The Balaban J connectivity index is 1.75. The highest BCUT2D eigenvalue weighted by Gasteiger charge is 2.17. The molecule has 0 aliphatic carbocycles. The second kappa shape index (κ2) is 10.3. The van der Waals surface area contributed by atoms with Crippen LogP contribution in [0.25, 0.3) is 0 Å². The maximum absolute atomic E-state index is 12.3. The molecule has 0 saturated heterocycles. The van der Waals surface area contributed by atoms with Crippen molar-refractivity contribution in [3.05, 3.63) is 54.1 Å². The molecule has 0 fully saturated rings. The molecule has 140 valence electrons. The molecule has 0 spiro atoms. The van der Waals surface area contributed by atoms with Crippen molar-refractivity contribution in [2.24, 2.45) is 0 Å². The van der Waals surface area contributed by atoms with Gasteiger partial charge in [-0.15, -0.1) is 0 Å². The molecule has 2 aromatic carbocycles. The SMILES string of the molecule is CCc1ccc(OCCNC(=O)C(CC)Oc2ccc(OC)cc2)cc1. The van der Waals surface area contributed by atoms with Gasteiger partial charge in [-0.05, 0) is 54.8 Å². The molecule has 1 unspecified atom stereocenters. The first kappa shape index (κ1) is 19.6. The van der Waals surface area contributed by atoms with E-state index in [1.54, 1.807) is 31.4 Å². The average Bonchev–Trinajstić information content (AvgIpc) is 2.70. The highest BCUT2D eigenvalue weighted by Crippen LogP contribution is 2.19. The average molecular weight is 357 g/mol. The first-order valence-electron chi connectivity index (χ1n) is 8.96. The van der Waals surface area contributed by atoms with E-state index in [0.717, 1.165) is 17.9 Å². The van der Waals surface area contributed by atoms with Crippen LogP contribution in [0.3, 0.4) is 0 Å². The van der Waals surface area contributed by atoms with Gasteiger partial charge in [0.1, 0.15) is 23.9 Å². The van der Waals surface area contributed by atoms with Gasteiger partial charge in [-0.1, -0.05) is 26.0 Å². The van der Waals surface area contributed by atoms with Crippen LogP contribution in [0.2, 0.25) is 0 Å². The van der Waals surface area contributed by atoms with Crippen LogP contribution in [0.1, 0.15) is 25.8 Å². The van der Waals surface area contributed by atoms with Crippen LogP contribution in [-0.2, 0) is 11.2 Å². The van der Waals surface area contributed by atoms with Crippen molar-refractivity contribution in [1.82, 2.24) is 5.32 Å². The summed E-state index contributed by atoms with van der Waals surface area (Å²) in [6, 6.07) is 15.2. The molecule has 1 amide bonds. The van der Waals surface area contributed by atoms with Crippen molar-refractivity contribution in [3.8, 4) is 17.2 Å². The minimum Gasteiger partial charge on any atom is -0.497 e. The van der Waals surface area contributed by atoms with Crippen LogP contribution in [0, 0.1) is 0 Å². The fraction of sp³-hybridized carbons (Fsp3) is 0.381. The van der Waals surface area contributed by atoms with Gasteiger partial charge in [0.05, 0.1) is 13.7 Å². The third-order valence-corrected chi connectivity index (χ3v) is 4.00. The molecule has 0 radical (unpaired) electrons. The van der Waals surface area contributed by atoms with E-state index < -0.39 is 6.10 Å². The van der Waals surface area contributed by atoms with Gasteiger partial charge in [-0.25, -0.2) is 0 Å². The van der Waals surface area contributed by atoms with Gasteiger partial charge in [0.25, 0.3) is 5.91 Å². The number of aryl methyl sites for hydroxylation is 1. The third-order valence-electron chi connectivity index (χ3n) is 4.00. The monoisotopic (exact) mass is 357 g/mol. The fourth-order valence-corrected chi connectivity index (χ4v) is 2.42. The summed E-state index contributed by atoms with van der Waals surface area (Å²) in [6.07, 6.45) is 1.05. The fourth-order valence-electron chi connectivity index (χ4n) is 2.42. The summed E-state index contributed by atoms with van der Waals surface area (Å²) in [7, 11) is 1.61. The molecule has 1 atom stereocenters. The normalized spacial score (nSPS) is 11.5. The van der Waals surface area contributed by atoms with E-state index in [1.165, 1.54) is 5.56 Å². The number of hydrogen-bond acceptors (Lipinski definition) is 4. The summed E-state index contributed by atoms with van der Waals surface area (Å²) in [6.45, 7) is 4.87. The first-order chi connectivity index (χ1) is 12.7. The zero-order chi connectivity index (χ0) is 18.8. The van der Waals surface area contributed by atoms with Crippen LogP contribution in [-0.4, -0.2) is 32.3 Å². The van der Waals surface area contributed by atoms with E-state index in [1.807, 2.05) is 31.2 Å². The van der Waals surface area contributed by atoms with E-state index in [2.05, 4.69) is 12.2 Å². The summed E-state index contributed by atoms with van der Waals surface area (Å²) < 4.78 is 16.5. The van der Waals surface area contributed by atoms with Crippen LogP contribution in [0.15, 0.2) is 48.5 Å². The number of ether oxygens (including phenoxy) is 3. The lowest BCUT2D eigenvalue weighted by Gasteiger charge is -2.17. The van der Waals surface area contributed by atoms with Gasteiger partial charge in [0.15, 0.2) is 6.10 Å². The predicted molar refractivity (Wildman–Crippen MR) is 102 cm³/mol. The van der Waals surface area contributed by atoms with Gasteiger partial charge in [-0.3, -0.25) is 4.79 Å². The Kier molecular flexibility index (Phi) is 7.80. The van der Waals surface area contributed by atoms with Gasteiger partial charge in [0, 0.05) is 0 Å². The third kappa shape index (κ3) is 5.99. The largest absolute Gasteiger partial charge is 0.497 e. The quantitative estimate of drug-likeness (QED) is 0.660. The number of carbonyl (C=O) groups excluding carboxylic acids is 1. The summed E-state index contributed by atoms with van der Waals surface area (Å²) in [4.78, 5) is 12.3. The number of benzene rings is 2. The molecule has 5 heteroatoms. The molecular weight excluding hydrogens is 330 g/mol. The molecule has 2 aromatic rings. The Morgan fingerprint density at radius 3 is 2.15 bits per heavy atom. The van der Waals surface area contributed by atoms with Gasteiger partial charge in [-0.2, -0.15) is 0 Å². The topological polar surface area (TPSA) is 56.8 Å². The zero-order valence-corrected chi connectivity index (χ0v) is 15.7. The lowest BCUT2D eigenvalue weighted by molar-refractivity contribution is -0.128. The molecule has 0 aliphatic heterocycles. The Morgan fingerprint density at radius 2 is 1.58 bits per heavy atom. The number of nitrogens with one attached hydrogen (secondary N) is 1. The number of rotatable bonds is 10. The van der Waals surface area contributed by atoms with Crippen molar-refractivity contribution in [3.63, 3.8) is 0 Å². The Bertz CT molecular complexity index is 667. The van der Waals surface area contributed by atoms with Gasteiger partial charge < -0.3 is 19.5 Å². The molecule has 5 nitrogen and oxygen atoms in total. The van der Waals surface area contributed by atoms with Crippen LogP contribution < -0.4 is 19.5 Å². The number of methoxy groups -OCH3 is 1. The van der Waals surface area contributed by atoms with Crippen LogP contribution in [0.5, 0.6) is 17.2 Å². The minimum atomic E-state index is -0.535. The number of amides is 1. The molecule has 0 aromatic heterocycles. The van der Waals surface area contributed by atoms with Crippen LogP contribution in [0.4, 0.5) is 0 Å². The highest BCUT2D eigenvalue weighted by atomic mass is 16.5. The van der Waals surface area contributed by atoms with E-state index in [4.69, 9.17) is 14.2 Å². The standard InChI is InChI=1S/C21H27NO4/c1-4-16-6-8-18(9-7-16)25-15-14-22-21(23)20(5-2)26-19-12-10-17(24-3)11-13-19/h6-13,20H,4-5,14-15H2,1-3H3,(H,22,23). The van der Waals surface area contributed by atoms with Crippen molar-refractivity contribution < 1.29 is 19.0 Å². The summed E-state index contributed by atoms with van der Waals surface area (Å²) in [5.74, 6) is 2.05. The van der Waals surface area contributed by atoms with Crippen molar-refractivity contribution in [2.45, 2.75) is 32.8 Å². The summed E-state index contributed by atoms with van der Waals surface area (Å²) in [5.41, 5.74) is 1.27. The highest BCUT2D eigenvalue weighted by molar-refractivity contribution is 5.81. The number of carbonyl (C=O) groups is 1. The molecule has 26 heavy (non-hydrogen) atoms.